The van der Waals surface area contributed by atoms with Crippen LogP contribution in [0.15, 0.2) is 36.8 Å². The van der Waals surface area contributed by atoms with Gasteiger partial charge in [-0.3, -0.25) is 9.59 Å². The summed E-state index contributed by atoms with van der Waals surface area (Å²) >= 11 is 0. The zero-order valence-electron chi connectivity index (χ0n) is 13.6. The summed E-state index contributed by atoms with van der Waals surface area (Å²) < 4.78 is 1.78. The average molecular weight is 323 g/mol. The summed E-state index contributed by atoms with van der Waals surface area (Å²) in [5.74, 6) is -0.516. The van der Waals surface area contributed by atoms with E-state index in [1.165, 1.54) is 13.1 Å². The van der Waals surface area contributed by atoms with Gasteiger partial charge in [-0.05, 0) is 30.7 Å². The Morgan fingerprint density at radius 3 is 2.62 bits per heavy atom. The lowest BCUT2D eigenvalue weighted by molar-refractivity contribution is -0.114. The monoisotopic (exact) mass is 323 g/mol. The van der Waals surface area contributed by atoms with Crippen LogP contribution < -0.4 is 10.6 Å². The number of amides is 2. The van der Waals surface area contributed by atoms with Crippen LogP contribution in [0, 0.1) is 6.92 Å². The molecule has 3 aromatic rings. The van der Waals surface area contributed by atoms with Crippen LogP contribution in [0.3, 0.4) is 0 Å². The fourth-order valence-electron chi connectivity index (χ4n) is 2.39. The van der Waals surface area contributed by atoms with Gasteiger partial charge >= 0.3 is 0 Å². The molecule has 1 aromatic carbocycles. The topological polar surface area (TPSA) is 88.9 Å². The van der Waals surface area contributed by atoms with Crippen LogP contribution >= 0.6 is 0 Å². The van der Waals surface area contributed by atoms with Crippen LogP contribution in [0.1, 0.15) is 22.8 Å². The summed E-state index contributed by atoms with van der Waals surface area (Å²) in [4.78, 5) is 32.3. The number of benzene rings is 1. The fraction of sp³-hybridized carbons (Fsp3) is 0.176. The Morgan fingerprint density at radius 2 is 1.88 bits per heavy atom. The zero-order valence-corrected chi connectivity index (χ0v) is 13.6. The number of fused-ring (bicyclic) bond motifs is 1. The number of hydrogen-bond acceptors (Lipinski definition) is 4. The quantitative estimate of drug-likeness (QED) is 0.775. The smallest absolute Gasteiger partial charge is 0.257 e. The molecular weight excluding hydrogens is 306 g/mol. The summed E-state index contributed by atoms with van der Waals surface area (Å²) in [7, 11) is 1.84. The number of nitrogens with one attached hydrogen (secondary N) is 2. The first-order valence-corrected chi connectivity index (χ1v) is 7.40. The number of anilines is 2. The number of nitrogens with zero attached hydrogens (tertiary/aromatic N) is 3. The number of carbonyl (C=O) groups is 2. The standard InChI is InChI=1S/C17H17N5O2/c1-10-4-5-13(20-11(2)23)14(6-10)21-17(24)12-7-15-16(18-8-12)22(3)9-19-15/h4-9H,1-3H3,(H,20,23)(H,21,24). The second kappa shape index (κ2) is 6.11. The van der Waals surface area contributed by atoms with Crippen molar-refractivity contribution in [2.75, 3.05) is 10.6 Å². The van der Waals surface area contributed by atoms with Gasteiger partial charge in [0.05, 0.1) is 23.3 Å². The first-order chi connectivity index (χ1) is 11.4. The normalized spacial score (nSPS) is 10.6. The summed E-state index contributed by atoms with van der Waals surface area (Å²) in [6.07, 6.45) is 3.15. The van der Waals surface area contributed by atoms with E-state index in [9.17, 15) is 9.59 Å². The molecule has 122 valence electrons. The molecule has 0 spiro atoms. The van der Waals surface area contributed by atoms with Crippen molar-refractivity contribution in [3.63, 3.8) is 0 Å². The average Bonchev–Trinajstić information content (AvgIpc) is 2.90. The summed E-state index contributed by atoms with van der Waals surface area (Å²) in [5, 5.41) is 5.52. The van der Waals surface area contributed by atoms with Crippen molar-refractivity contribution in [2.24, 2.45) is 7.05 Å². The maximum Gasteiger partial charge on any atom is 0.257 e. The van der Waals surface area contributed by atoms with Crippen LogP contribution in [-0.4, -0.2) is 26.3 Å². The van der Waals surface area contributed by atoms with Gasteiger partial charge in [0.15, 0.2) is 5.65 Å². The van der Waals surface area contributed by atoms with E-state index in [1.54, 1.807) is 29.1 Å². The van der Waals surface area contributed by atoms with Crippen LogP contribution in [0.2, 0.25) is 0 Å². The fourth-order valence-corrected chi connectivity index (χ4v) is 2.39. The van der Waals surface area contributed by atoms with Crippen molar-refractivity contribution < 1.29 is 9.59 Å². The molecule has 0 unspecified atom stereocenters. The van der Waals surface area contributed by atoms with Crippen molar-refractivity contribution in [3.05, 3.63) is 47.9 Å². The number of aryl methyl sites for hydroxylation is 2. The van der Waals surface area contributed by atoms with Crippen LogP contribution in [0.4, 0.5) is 11.4 Å². The Morgan fingerprint density at radius 1 is 1.08 bits per heavy atom. The van der Waals surface area contributed by atoms with Gasteiger partial charge in [0, 0.05) is 20.2 Å². The molecule has 0 saturated heterocycles. The number of aromatic nitrogens is 3. The highest BCUT2D eigenvalue weighted by molar-refractivity contribution is 6.08. The van der Waals surface area contributed by atoms with Crippen molar-refractivity contribution in [1.29, 1.82) is 0 Å². The first kappa shape index (κ1) is 15.7. The third-order valence-corrected chi connectivity index (χ3v) is 3.55. The van der Waals surface area contributed by atoms with Gasteiger partial charge < -0.3 is 15.2 Å². The van der Waals surface area contributed by atoms with Gasteiger partial charge in [-0.1, -0.05) is 6.07 Å². The lowest BCUT2D eigenvalue weighted by Crippen LogP contribution is -2.15. The number of carbonyl (C=O) groups excluding carboxylic acids is 2. The maximum atomic E-state index is 12.5. The molecule has 0 radical (unpaired) electrons. The maximum absolute atomic E-state index is 12.5. The molecule has 7 nitrogen and oxygen atoms in total. The van der Waals surface area contributed by atoms with Gasteiger partial charge in [0.1, 0.15) is 5.52 Å². The number of imidazole rings is 1. The SMILES string of the molecule is CC(=O)Nc1ccc(C)cc1NC(=O)c1cnc2c(c1)ncn2C. The van der Waals surface area contributed by atoms with Crippen LogP contribution in [0.5, 0.6) is 0 Å². The number of rotatable bonds is 3. The molecule has 0 aliphatic heterocycles. The van der Waals surface area contributed by atoms with Gasteiger partial charge in [0.25, 0.3) is 5.91 Å². The van der Waals surface area contributed by atoms with Gasteiger partial charge in [-0.2, -0.15) is 0 Å². The van der Waals surface area contributed by atoms with Crippen LogP contribution in [-0.2, 0) is 11.8 Å². The van der Waals surface area contributed by atoms with Crippen molar-refractivity contribution >= 4 is 34.4 Å². The molecule has 0 bridgehead atoms. The molecule has 7 heteroatoms. The third-order valence-electron chi connectivity index (χ3n) is 3.55. The van der Waals surface area contributed by atoms with E-state index in [0.29, 0.717) is 28.1 Å². The molecule has 2 N–H and O–H groups in total. The molecular formula is C17H17N5O2. The molecule has 24 heavy (non-hydrogen) atoms. The molecule has 3 rings (SSSR count). The van der Waals surface area contributed by atoms with Gasteiger partial charge in [-0.15, -0.1) is 0 Å². The van der Waals surface area contributed by atoms with E-state index in [1.807, 2.05) is 20.0 Å². The van der Waals surface area contributed by atoms with E-state index in [2.05, 4.69) is 20.6 Å². The Hall–Kier alpha value is -3.22. The predicted octanol–water partition coefficient (Wildman–Crippen LogP) is 2.49. The molecule has 0 fully saturated rings. The lowest BCUT2D eigenvalue weighted by Gasteiger charge is -2.12. The van der Waals surface area contributed by atoms with Crippen molar-refractivity contribution in [3.8, 4) is 0 Å². The Labute approximate surface area is 138 Å². The van der Waals surface area contributed by atoms with E-state index < -0.39 is 0 Å². The summed E-state index contributed by atoms with van der Waals surface area (Å²) in [5.41, 5.74) is 3.82. The summed E-state index contributed by atoms with van der Waals surface area (Å²) in [6.45, 7) is 3.33. The lowest BCUT2D eigenvalue weighted by atomic mass is 10.1. The molecule has 0 atom stereocenters. The highest BCUT2D eigenvalue weighted by Crippen LogP contribution is 2.24. The first-order valence-electron chi connectivity index (χ1n) is 7.40. The third kappa shape index (κ3) is 3.10. The second-order valence-corrected chi connectivity index (χ2v) is 5.61. The van der Waals surface area contributed by atoms with E-state index in [0.717, 1.165) is 5.56 Å². The number of pyridine rings is 1. The molecule has 2 heterocycles. The Bertz CT molecular complexity index is 945. The highest BCUT2D eigenvalue weighted by Gasteiger charge is 2.13. The molecule has 0 aliphatic rings. The minimum Gasteiger partial charge on any atom is -0.325 e. The summed E-state index contributed by atoms with van der Waals surface area (Å²) in [6, 6.07) is 7.11. The van der Waals surface area contributed by atoms with Crippen LogP contribution in [0.25, 0.3) is 11.2 Å². The zero-order chi connectivity index (χ0) is 17.3. The minimum atomic E-state index is -0.313. The van der Waals surface area contributed by atoms with E-state index in [-0.39, 0.29) is 11.8 Å². The molecule has 2 aromatic heterocycles. The Kier molecular flexibility index (Phi) is 3.99. The largest absolute Gasteiger partial charge is 0.325 e. The van der Waals surface area contributed by atoms with Gasteiger partial charge in [0.2, 0.25) is 5.91 Å². The van der Waals surface area contributed by atoms with E-state index in [4.69, 9.17) is 0 Å². The molecule has 0 aliphatic carbocycles. The second-order valence-electron chi connectivity index (χ2n) is 5.61. The highest BCUT2D eigenvalue weighted by atomic mass is 16.2. The predicted molar refractivity (Wildman–Crippen MR) is 91.9 cm³/mol. The molecule has 2 amide bonds. The van der Waals surface area contributed by atoms with E-state index >= 15 is 0 Å². The molecule has 0 saturated carbocycles. The van der Waals surface area contributed by atoms with Crippen molar-refractivity contribution in [1.82, 2.24) is 14.5 Å². The van der Waals surface area contributed by atoms with Gasteiger partial charge in [-0.25, -0.2) is 9.97 Å². The minimum absolute atomic E-state index is 0.203. The number of hydrogen-bond donors (Lipinski definition) is 2. The van der Waals surface area contributed by atoms with Crippen molar-refractivity contribution in [2.45, 2.75) is 13.8 Å². The Balaban J connectivity index is 1.90.